The van der Waals surface area contributed by atoms with Gasteiger partial charge in [0.25, 0.3) is 11.5 Å². The van der Waals surface area contributed by atoms with Crippen LogP contribution in [0.15, 0.2) is 11.0 Å². The number of hydrogen-bond acceptors (Lipinski definition) is 4. The van der Waals surface area contributed by atoms with Gasteiger partial charge < -0.3 is 19.9 Å². The van der Waals surface area contributed by atoms with Gasteiger partial charge in [0.05, 0.1) is 11.5 Å². The molecule has 0 saturated heterocycles. The first-order valence-electron chi connectivity index (χ1n) is 4.93. The zero-order valence-electron chi connectivity index (χ0n) is 11.1. The molecule has 1 aromatic heterocycles. The molecule has 0 fully saturated rings. The second-order valence-electron chi connectivity index (χ2n) is 4.26. The number of aromatic nitrogens is 2. The van der Waals surface area contributed by atoms with Gasteiger partial charge in [-0.3, -0.25) is 14.3 Å². The number of rotatable bonds is 3. The van der Waals surface area contributed by atoms with E-state index in [0.29, 0.717) is 0 Å². The number of carbonyl (C=O) groups excluding carboxylic acids is 2. The second-order valence-corrected chi connectivity index (χ2v) is 4.26. The quantitative estimate of drug-likeness (QED) is 0.554. The summed E-state index contributed by atoms with van der Waals surface area (Å²) in [5, 5.41) is 13.4. The number of aryl methyl sites for hydroxylation is 1. The Hall–Kier alpha value is -1.05. The largest absolute Gasteiger partial charge is 1.00 e. The third kappa shape index (κ3) is 2.85. The van der Waals surface area contributed by atoms with Crippen LogP contribution in [0.5, 0.6) is 0 Å². The first kappa shape index (κ1) is 16.9. The molecule has 1 heterocycles. The number of carboxylic acids is 1. The summed E-state index contributed by atoms with van der Waals surface area (Å²) in [6.07, 6.45) is 1.24. The van der Waals surface area contributed by atoms with Gasteiger partial charge >= 0.3 is 29.6 Å². The molecule has 94 valence electrons. The number of H-pyrrole nitrogens is 1. The maximum Gasteiger partial charge on any atom is 1.00 e. The van der Waals surface area contributed by atoms with E-state index in [4.69, 9.17) is 0 Å². The maximum atomic E-state index is 11.9. The van der Waals surface area contributed by atoms with Crippen LogP contribution in [0.25, 0.3) is 0 Å². The molecule has 0 spiro atoms. The molecular weight excluding hydrogens is 249 g/mol. The van der Waals surface area contributed by atoms with Crippen molar-refractivity contribution < 1.29 is 44.3 Å². The van der Waals surface area contributed by atoms with Gasteiger partial charge in [0.2, 0.25) is 0 Å². The molecule has 0 atom stereocenters. The normalized spacial score (nSPS) is 10.7. The van der Waals surface area contributed by atoms with Crippen LogP contribution >= 0.6 is 0 Å². The Morgan fingerprint density at radius 3 is 2.28 bits per heavy atom. The minimum atomic E-state index is -1.49. The Kier molecular flexibility index (Phi) is 5.39. The predicted octanol–water partition coefficient (Wildman–Crippen LogP) is -4.68. The summed E-state index contributed by atoms with van der Waals surface area (Å²) in [4.78, 5) is 35.3. The van der Waals surface area contributed by atoms with Gasteiger partial charge in [0.1, 0.15) is 5.56 Å². The van der Waals surface area contributed by atoms with Gasteiger partial charge in [0, 0.05) is 20.3 Å². The van der Waals surface area contributed by atoms with Crippen LogP contribution in [-0.2, 0) is 11.8 Å². The maximum absolute atomic E-state index is 11.9. The van der Waals surface area contributed by atoms with Crippen molar-refractivity contribution in [1.29, 1.82) is 0 Å². The van der Waals surface area contributed by atoms with E-state index in [-0.39, 0.29) is 35.1 Å². The number of nitrogens with one attached hydrogen (secondary N) is 1. The summed E-state index contributed by atoms with van der Waals surface area (Å²) in [5.41, 5.74) is -2.10. The van der Waals surface area contributed by atoms with Gasteiger partial charge in [-0.15, -0.1) is 0 Å². The van der Waals surface area contributed by atoms with Crippen molar-refractivity contribution in [2.75, 3.05) is 7.05 Å². The monoisotopic (exact) mass is 263 g/mol. The molecule has 0 aliphatic rings. The van der Waals surface area contributed by atoms with Crippen LogP contribution in [0.2, 0.25) is 0 Å². The van der Waals surface area contributed by atoms with Crippen LogP contribution in [0.3, 0.4) is 0 Å². The van der Waals surface area contributed by atoms with Gasteiger partial charge in [-0.25, -0.2) is 0 Å². The molecule has 0 bridgehead atoms. The molecule has 7 nitrogen and oxygen atoms in total. The number of amides is 1. The van der Waals surface area contributed by atoms with E-state index in [0.717, 1.165) is 9.58 Å². The fourth-order valence-corrected chi connectivity index (χ4v) is 1.19. The van der Waals surface area contributed by atoms with Crippen molar-refractivity contribution >= 4 is 11.9 Å². The molecule has 0 unspecified atom stereocenters. The van der Waals surface area contributed by atoms with E-state index < -0.39 is 23.0 Å². The van der Waals surface area contributed by atoms with E-state index in [9.17, 15) is 19.5 Å². The van der Waals surface area contributed by atoms with Crippen LogP contribution in [0.4, 0.5) is 0 Å². The van der Waals surface area contributed by atoms with E-state index in [1.54, 1.807) is 0 Å². The van der Waals surface area contributed by atoms with Crippen LogP contribution in [0, 0.1) is 0 Å². The predicted molar refractivity (Wildman–Crippen MR) is 57.2 cm³/mol. The van der Waals surface area contributed by atoms with Gasteiger partial charge in [0.15, 0.2) is 0 Å². The number of aliphatic carboxylic acids is 1. The van der Waals surface area contributed by atoms with Gasteiger partial charge in [-0.1, -0.05) is 0 Å². The molecule has 0 aliphatic carbocycles. The van der Waals surface area contributed by atoms with E-state index in [1.165, 1.54) is 34.1 Å². The molecule has 0 radical (unpaired) electrons. The third-order valence-electron chi connectivity index (χ3n) is 2.81. The minimum absolute atomic E-state index is 0. The molecular formula is C10H14N3NaO4. The van der Waals surface area contributed by atoms with Crippen molar-refractivity contribution in [3.8, 4) is 0 Å². The summed E-state index contributed by atoms with van der Waals surface area (Å²) in [5.74, 6) is -2.05. The molecule has 0 aliphatic heterocycles. The molecule has 8 heteroatoms. The van der Waals surface area contributed by atoms with E-state index in [2.05, 4.69) is 5.10 Å². The average Bonchev–Trinajstić information content (AvgIpc) is 2.57. The average molecular weight is 263 g/mol. The number of nitrogens with zero attached hydrogens (tertiary/aromatic N) is 2. The Bertz CT molecular complexity index is 517. The van der Waals surface area contributed by atoms with Crippen molar-refractivity contribution in [2.45, 2.75) is 19.4 Å². The topological polar surface area (TPSA) is 98.2 Å². The zero-order chi connectivity index (χ0) is 13.4. The molecule has 1 amide bonds. The van der Waals surface area contributed by atoms with Crippen LogP contribution in [0.1, 0.15) is 24.2 Å². The van der Waals surface area contributed by atoms with Crippen molar-refractivity contribution in [1.82, 2.24) is 14.7 Å². The second kappa shape index (κ2) is 5.73. The SMILES string of the molecule is CN(C(=O)c1c[nH]n(C)c1=O)C(C)(C)C(=O)[O-].[Na+]. The third-order valence-corrected chi connectivity index (χ3v) is 2.81. The number of carbonyl (C=O) groups is 2. The number of carboxylic acid groups (broad SMARTS) is 1. The minimum Gasteiger partial charge on any atom is -0.548 e. The molecule has 1 N–H and O–H groups in total. The summed E-state index contributed by atoms with van der Waals surface area (Å²) in [6, 6.07) is 0. The molecule has 18 heavy (non-hydrogen) atoms. The fourth-order valence-electron chi connectivity index (χ4n) is 1.19. The van der Waals surface area contributed by atoms with Crippen LogP contribution in [-0.4, -0.2) is 39.1 Å². The molecule has 0 aromatic carbocycles. The van der Waals surface area contributed by atoms with Crippen molar-refractivity contribution in [3.63, 3.8) is 0 Å². The smallest absolute Gasteiger partial charge is 0.548 e. The summed E-state index contributed by atoms with van der Waals surface area (Å²) >= 11 is 0. The Morgan fingerprint density at radius 2 is 1.94 bits per heavy atom. The molecule has 1 rings (SSSR count). The summed E-state index contributed by atoms with van der Waals surface area (Å²) in [7, 11) is 2.77. The first-order chi connectivity index (χ1) is 7.69. The molecule has 1 aromatic rings. The summed E-state index contributed by atoms with van der Waals surface area (Å²) < 4.78 is 1.13. The standard InChI is InChI=1S/C10H15N3O4.Na/c1-10(2,9(16)17)12(3)7(14)6-5-11-13(4)8(6)15;/h5,11H,1-4H3,(H,16,17);/q;+1/p-1. The van der Waals surface area contributed by atoms with Gasteiger partial charge in [-0.05, 0) is 13.8 Å². The Labute approximate surface area is 126 Å². The number of aromatic amines is 1. The Balaban J connectivity index is 0.00000289. The number of hydrogen-bond donors (Lipinski definition) is 1. The molecule has 0 saturated carbocycles. The van der Waals surface area contributed by atoms with Gasteiger partial charge in [-0.2, -0.15) is 0 Å². The summed E-state index contributed by atoms with van der Waals surface area (Å²) in [6.45, 7) is 2.66. The first-order valence-corrected chi connectivity index (χ1v) is 4.93. The van der Waals surface area contributed by atoms with E-state index >= 15 is 0 Å². The van der Waals surface area contributed by atoms with Crippen LogP contribution < -0.4 is 40.2 Å². The fraction of sp³-hybridized carbons (Fsp3) is 0.500. The van der Waals surface area contributed by atoms with Crippen molar-refractivity contribution in [2.24, 2.45) is 7.05 Å². The van der Waals surface area contributed by atoms with Crippen molar-refractivity contribution in [3.05, 3.63) is 22.1 Å². The number of likely N-dealkylation sites (N-methyl/N-ethyl adjacent to an activating group) is 1. The Morgan fingerprint density at radius 1 is 1.44 bits per heavy atom. The zero-order valence-corrected chi connectivity index (χ0v) is 13.1. The van der Waals surface area contributed by atoms with E-state index in [1.807, 2.05) is 0 Å².